The quantitative estimate of drug-likeness (QED) is 0.552. The molecule has 0 aromatic carbocycles. The molecule has 2 saturated carbocycles. The Morgan fingerprint density at radius 2 is 1.86 bits per heavy atom. The molecule has 3 aliphatic rings. The molecule has 0 unspecified atom stereocenters. The van der Waals surface area contributed by atoms with Gasteiger partial charge in [0.05, 0.1) is 11.7 Å². The first-order chi connectivity index (χ1) is 12.7. The van der Waals surface area contributed by atoms with Crippen molar-refractivity contribution in [2.24, 2.45) is 16.7 Å². The van der Waals surface area contributed by atoms with Crippen molar-refractivity contribution in [2.75, 3.05) is 0 Å². The fraction of sp³-hybridized carbons (Fsp3) is 0.818. The van der Waals surface area contributed by atoms with Crippen molar-refractivity contribution in [2.45, 2.75) is 96.2 Å². The number of aliphatic hydroxyl groups is 2. The van der Waals surface area contributed by atoms with Gasteiger partial charge < -0.3 is 19.7 Å². The predicted octanol–water partition coefficient (Wildman–Crippen LogP) is 2.55. The van der Waals surface area contributed by atoms with Crippen molar-refractivity contribution in [1.29, 1.82) is 0 Å². The molecule has 6 nitrogen and oxygen atoms in total. The molecule has 0 bridgehead atoms. The lowest BCUT2D eigenvalue weighted by atomic mass is 9.40. The average Bonchev–Trinajstić information content (AvgIpc) is 2.55. The van der Waals surface area contributed by atoms with Crippen LogP contribution in [0, 0.1) is 16.7 Å². The van der Waals surface area contributed by atoms with E-state index in [1.54, 1.807) is 13.8 Å². The van der Waals surface area contributed by atoms with Gasteiger partial charge in [-0.3, -0.25) is 9.59 Å². The van der Waals surface area contributed by atoms with Crippen LogP contribution in [0.15, 0.2) is 12.7 Å². The molecule has 158 valence electrons. The van der Waals surface area contributed by atoms with Crippen LogP contribution in [0.5, 0.6) is 0 Å². The monoisotopic (exact) mass is 394 g/mol. The Morgan fingerprint density at radius 3 is 2.39 bits per heavy atom. The summed E-state index contributed by atoms with van der Waals surface area (Å²) < 4.78 is 11.9. The van der Waals surface area contributed by atoms with Crippen molar-refractivity contribution in [3.63, 3.8) is 0 Å². The number of ketones is 1. The van der Waals surface area contributed by atoms with E-state index in [1.807, 2.05) is 20.8 Å². The number of hydrogen-bond donors (Lipinski definition) is 2. The molecule has 0 aromatic heterocycles. The molecule has 6 heteroatoms. The zero-order valence-corrected chi connectivity index (χ0v) is 17.9. The second-order valence-corrected chi connectivity index (χ2v) is 10.3. The highest BCUT2D eigenvalue weighted by atomic mass is 16.6. The summed E-state index contributed by atoms with van der Waals surface area (Å²) in [6.07, 6.45) is 1.53. The van der Waals surface area contributed by atoms with Gasteiger partial charge in [0.15, 0.2) is 17.5 Å². The van der Waals surface area contributed by atoms with Gasteiger partial charge in [-0.2, -0.15) is 0 Å². The maximum Gasteiger partial charge on any atom is 0.303 e. The first kappa shape index (κ1) is 21.5. The summed E-state index contributed by atoms with van der Waals surface area (Å²) in [6, 6.07) is 0. The molecule has 7 atom stereocenters. The highest BCUT2D eigenvalue weighted by molar-refractivity contribution is 5.92. The van der Waals surface area contributed by atoms with E-state index in [1.165, 1.54) is 13.0 Å². The molecule has 0 radical (unpaired) electrons. The highest BCUT2D eigenvalue weighted by Crippen LogP contribution is 2.66. The van der Waals surface area contributed by atoms with Gasteiger partial charge in [-0.15, -0.1) is 6.58 Å². The highest BCUT2D eigenvalue weighted by Gasteiger charge is 2.79. The molecule has 3 rings (SSSR count). The summed E-state index contributed by atoms with van der Waals surface area (Å²) in [4.78, 5) is 25.5. The third-order valence-electron chi connectivity index (χ3n) is 7.87. The summed E-state index contributed by atoms with van der Waals surface area (Å²) in [5.41, 5.74) is -5.79. The minimum atomic E-state index is -1.90. The number of aliphatic hydroxyl groups excluding tert-OH is 1. The Morgan fingerprint density at radius 1 is 1.25 bits per heavy atom. The molecule has 0 aromatic rings. The van der Waals surface area contributed by atoms with E-state index in [4.69, 9.17) is 9.47 Å². The molecule has 28 heavy (non-hydrogen) atoms. The normalized spacial score (nSPS) is 50.3. The van der Waals surface area contributed by atoms with E-state index in [0.29, 0.717) is 6.42 Å². The molecule has 2 N–H and O–H groups in total. The number of esters is 1. The maximum absolute atomic E-state index is 13.5. The first-order valence-electron chi connectivity index (χ1n) is 10.1. The van der Waals surface area contributed by atoms with Crippen molar-refractivity contribution in [3.8, 4) is 0 Å². The SMILES string of the molecule is C=C[C@@]1(C)CC(=O)[C@]2(O)[C@@]3(C)CCCC(C)(C)[C@@H]3[C@H](O)[C@H](OC(C)=O)[C@@]2(C)O1. The Kier molecular flexibility index (Phi) is 4.70. The van der Waals surface area contributed by atoms with Crippen molar-refractivity contribution < 1.29 is 29.3 Å². The Hall–Kier alpha value is -1.24. The Bertz CT molecular complexity index is 716. The lowest BCUT2D eigenvalue weighted by Crippen LogP contribution is -2.84. The number of fused-ring (bicyclic) bond motifs is 3. The third kappa shape index (κ3) is 2.50. The molecule has 0 amide bonds. The zero-order valence-electron chi connectivity index (χ0n) is 17.9. The molecular formula is C22H34O6. The summed E-state index contributed by atoms with van der Waals surface area (Å²) in [5, 5.41) is 23.6. The molecule has 1 heterocycles. The van der Waals surface area contributed by atoms with Crippen LogP contribution < -0.4 is 0 Å². The summed E-state index contributed by atoms with van der Waals surface area (Å²) >= 11 is 0. The lowest BCUT2D eigenvalue weighted by Gasteiger charge is -2.70. The van der Waals surface area contributed by atoms with Crippen LogP contribution in [0.1, 0.15) is 67.2 Å². The van der Waals surface area contributed by atoms with Gasteiger partial charge in [0.1, 0.15) is 5.60 Å². The fourth-order valence-electron chi connectivity index (χ4n) is 6.77. The van der Waals surface area contributed by atoms with Crippen LogP contribution in [0.2, 0.25) is 0 Å². The molecular weight excluding hydrogens is 360 g/mol. The van der Waals surface area contributed by atoms with Gasteiger partial charge in [-0.1, -0.05) is 33.3 Å². The summed E-state index contributed by atoms with van der Waals surface area (Å²) in [6.45, 7) is 14.3. The zero-order chi connectivity index (χ0) is 21.3. The molecule has 2 aliphatic carbocycles. The minimum absolute atomic E-state index is 0.0196. The number of hydrogen-bond acceptors (Lipinski definition) is 6. The maximum atomic E-state index is 13.5. The van der Waals surface area contributed by atoms with Crippen LogP contribution in [-0.2, 0) is 19.1 Å². The van der Waals surface area contributed by atoms with Gasteiger partial charge in [-0.05, 0) is 32.1 Å². The second-order valence-electron chi connectivity index (χ2n) is 10.3. The number of Topliss-reactive ketones (excluding diaryl/α,β-unsaturated/α-hetero) is 1. The Labute approximate surface area is 167 Å². The van der Waals surface area contributed by atoms with E-state index in [9.17, 15) is 19.8 Å². The van der Waals surface area contributed by atoms with Crippen molar-refractivity contribution in [1.82, 2.24) is 0 Å². The van der Waals surface area contributed by atoms with E-state index in [0.717, 1.165) is 12.8 Å². The van der Waals surface area contributed by atoms with Crippen LogP contribution in [0.25, 0.3) is 0 Å². The van der Waals surface area contributed by atoms with E-state index >= 15 is 0 Å². The first-order valence-corrected chi connectivity index (χ1v) is 10.1. The molecule has 1 saturated heterocycles. The summed E-state index contributed by atoms with van der Waals surface area (Å²) in [7, 11) is 0. The standard InChI is InChI=1S/C22H34O6/c1-8-19(5)12-14(24)22(26)20(6)11-9-10-18(3,4)16(20)15(25)17(27-13(2)23)21(22,7)28-19/h8,15-17,25-26H,1,9-12H2,2-7H3/t15-,16-,17-,19-,20-,21+,22-/m0/s1. The predicted molar refractivity (Wildman–Crippen MR) is 103 cm³/mol. The van der Waals surface area contributed by atoms with Crippen molar-refractivity contribution >= 4 is 11.8 Å². The van der Waals surface area contributed by atoms with Gasteiger partial charge in [0, 0.05) is 24.7 Å². The third-order valence-corrected chi connectivity index (χ3v) is 7.87. The smallest absolute Gasteiger partial charge is 0.303 e. The minimum Gasteiger partial charge on any atom is -0.457 e. The molecule has 0 spiro atoms. The number of carbonyl (C=O) groups excluding carboxylic acids is 2. The fourth-order valence-corrected chi connectivity index (χ4v) is 6.77. The largest absolute Gasteiger partial charge is 0.457 e. The number of carbonyl (C=O) groups is 2. The molecule has 1 aliphatic heterocycles. The average molecular weight is 395 g/mol. The number of ether oxygens (including phenoxy) is 2. The van der Waals surface area contributed by atoms with E-state index in [-0.39, 0.29) is 17.6 Å². The second kappa shape index (κ2) is 6.13. The van der Waals surface area contributed by atoms with Crippen LogP contribution in [0.3, 0.4) is 0 Å². The van der Waals surface area contributed by atoms with Crippen molar-refractivity contribution in [3.05, 3.63) is 12.7 Å². The number of rotatable bonds is 2. The van der Waals surface area contributed by atoms with Gasteiger partial charge in [0.2, 0.25) is 0 Å². The van der Waals surface area contributed by atoms with Gasteiger partial charge in [0.25, 0.3) is 0 Å². The van der Waals surface area contributed by atoms with Gasteiger partial charge in [-0.25, -0.2) is 0 Å². The van der Waals surface area contributed by atoms with E-state index in [2.05, 4.69) is 6.58 Å². The van der Waals surface area contributed by atoms with E-state index < -0.39 is 46.3 Å². The lowest BCUT2D eigenvalue weighted by molar-refractivity contribution is -0.357. The topological polar surface area (TPSA) is 93.1 Å². The molecule has 3 fully saturated rings. The van der Waals surface area contributed by atoms with Crippen LogP contribution in [0.4, 0.5) is 0 Å². The van der Waals surface area contributed by atoms with Gasteiger partial charge >= 0.3 is 5.97 Å². The van der Waals surface area contributed by atoms with Crippen LogP contribution in [-0.4, -0.2) is 51.0 Å². The van der Waals surface area contributed by atoms with Crippen LogP contribution >= 0.6 is 0 Å². The summed E-state index contributed by atoms with van der Waals surface area (Å²) in [5.74, 6) is -1.37. The Balaban J connectivity index is 2.28.